The minimum absolute atomic E-state index is 0.0837. The zero-order valence-electron chi connectivity index (χ0n) is 11.1. The Bertz CT molecular complexity index is 526. The molecule has 0 fully saturated rings. The van der Waals surface area contributed by atoms with Crippen LogP contribution in [0.2, 0.25) is 0 Å². The van der Waals surface area contributed by atoms with Crippen molar-refractivity contribution in [3.8, 4) is 5.75 Å². The number of hydrogen-bond donors (Lipinski definition) is 2. The number of nitrogens with one attached hydrogen (secondary N) is 1. The van der Waals surface area contributed by atoms with Crippen molar-refractivity contribution in [3.05, 3.63) is 65.2 Å². The molecule has 0 saturated carbocycles. The third kappa shape index (κ3) is 3.81. The van der Waals surface area contributed by atoms with Gasteiger partial charge in [0.25, 0.3) is 0 Å². The van der Waals surface area contributed by atoms with Crippen LogP contribution >= 0.6 is 0 Å². The average molecular weight is 257 g/mol. The fourth-order valence-corrected chi connectivity index (χ4v) is 2.03. The Balaban J connectivity index is 1.92. The number of hydrogen-bond acceptors (Lipinski definition) is 3. The normalized spacial score (nSPS) is 10.4. The quantitative estimate of drug-likeness (QED) is 0.835. The van der Waals surface area contributed by atoms with Gasteiger partial charge in [-0.25, -0.2) is 0 Å². The zero-order chi connectivity index (χ0) is 13.5. The molecule has 0 amide bonds. The zero-order valence-corrected chi connectivity index (χ0v) is 11.1. The van der Waals surface area contributed by atoms with Gasteiger partial charge in [0.1, 0.15) is 5.75 Å². The van der Waals surface area contributed by atoms with Crippen molar-refractivity contribution in [1.29, 1.82) is 0 Å². The molecular weight excluding hydrogens is 238 g/mol. The fourth-order valence-electron chi connectivity index (χ4n) is 2.03. The van der Waals surface area contributed by atoms with Gasteiger partial charge in [-0.15, -0.1) is 0 Å². The first kappa shape index (κ1) is 13.6. The summed E-state index contributed by atoms with van der Waals surface area (Å²) in [5.74, 6) is 0.902. The largest absolute Gasteiger partial charge is 0.496 e. The molecule has 0 saturated heterocycles. The van der Waals surface area contributed by atoms with Crippen LogP contribution in [0.25, 0.3) is 0 Å². The van der Waals surface area contributed by atoms with E-state index in [2.05, 4.69) is 11.4 Å². The third-order valence-electron chi connectivity index (χ3n) is 3.01. The van der Waals surface area contributed by atoms with Gasteiger partial charge >= 0.3 is 0 Å². The standard InChI is InChI=1S/C16H19NO2/c1-19-16-8-3-2-7-15(16)11-17-10-13-5-4-6-14(9-13)12-18/h2-9,17-18H,10-12H2,1H3. The van der Waals surface area contributed by atoms with Crippen LogP contribution in [0, 0.1) is 0 Å². The van der Waals surface area contributed by atoms with E-state index in [9.17, 15) is 0 Å². The number of rotatable bonds is 6. The van der Waals surface area contributed by atoms with Gasteiger partial charge in [-0.2, -0.15) is 0 Å². The highest BCUT2D eigenvalue weighted by Crippen LogP contribution is 2.16. The molecule has 0 heterocycles. The molecule has 0 bridgehead atoms. The Morgan fingerprint density at radius 2 is 1.79 bits per heavy atom. The van der Waals surface area contributed by atoms with Gasteiger partial charge in [0.05, 0.1) is 13.7 Å². The van der Waals surface area contributed by atoms with Crippen LogP contribution in [0.15, 0.2) is 48.5 Å². The molecule has 0 radical (unpaired) electrons. The highest BCUT2D eigenvalue weighted by molar-refractivity contribution is 5.33. The minimum Gasteiger partial charge on any atom is -0.496 e. The highest BCUT2D eigenvalue weighted by Gasteiger charge is 2.01. The number of ether oxygens (including phenoxy) is 1. The summed E-state index contributed by atoms with van der Waals surface area (Å²) in [6, 6.07) is 15.9. The number of aliphatic hydroxyl groups excluding tert-OH is 1. The van der Waals surface area contributed by atoms with Crippen molar-refractivity contribution in [1.82, 2.24) is 5.32 Å². The Morgan fingerprint density at radius 1 is 1.00 bits per heavy atom. The predicted octanol–water partition coefficient (Wildman–Crippen LogP) is 2.48. The second-order valence-corrected chi connectivity index (χ2v) is 4.39. The van der Waals surface area contributed by atoms with Gasteiger partial charge in [-0.1, -0.05) is 42.5 Å². The Morgan fingerprint density at radius 3 is 2.58 bits per heavy atom. The monoisotopic (exact) mass is 257 g/mol. The van der Waals surface area contributed by atoms with Crippen molar-refractivity contribution in [3.63, 3.8) is 0 Å². The van der Waals surface area contributed by atoms with Gasteiger partial charge < -0.3 is 15.2 Å². The molecule has 0 aromatic heterocycles. The number of para-hydroxylation sites is 1. The molecule has 3 heteroatoms. The Kier molecular flexibility index (Phi) is 4.95. The SMILES string of the molecule is COc1ccccc1CNCc1cccc(CO)c1. The summed E-state index contributed by atoms with van der Waals surface area (Å²) < 4.78 is 5.31. The van der Waals surface area contributed by atoms with E-state index in [0.717, 1.165) is 30.0 Å². The molecule has 2 aromatic carbocycles. The smallest absolute Gasteiger partial charge is 0.123 e. The first-order chi connectivity index (χ1) is 9.33. The van der Waals surface area contributed by atoms with Gasteiger partial charge in [-0.3, -0.25) is 0 Å². The maximum atomic E-state index is 9.10. The van der Waals surface area contributed by atoms with Gasteiger partial charge in [0.2, 0.25) is 0 Å². The Labute approximate surface area is 113 Å². The predicted molar refractivity (Wildman–Crippen MR) is 75.9 cm³/mol. The molecule has 0 atom stereocenters. The van der Waals surface area contributed by atoms with Gasteiger partial charge in [0.15, 0.2) is 0 Å². The maximum Gasteiger partial charge on any atom is 0.123 e. The number of aliphatic hydroxyl groups is 1. The van der Waals surface area contributed by atoms with E-state index in [1.165, 1.54) is 5.56 Å². The number of methoxy groups -OCH3 is 1. The van der Waals surface area contributed by atoms with E-state index in [1.807, 2.05) is 42.5 Å². The fraction of sp³-hybridized carbons (Fsp3) is 0.250. The Hall–Kier alpha value is -1.84. The molecule has 0 aliphatic rings. The molecular formula is C16H19NO2. The van der Waals surface area contributed by atoms with Crippen molar-refractivity contribution in [2.45, 2.75) is 19.7 Å². The van der Waals surface area contributed by atoms with E-state index in [0.29, 0.717) is 0 Å². The second kappa shape index (κ2) is 6.92. The van der Waals surface area contributed by atoms with Crippen molar-refractivity contribution in [2.75, 3.05) is 7.11 Å². The lowest BCUT2D eigenvalue weighted by Gasteiger charge is -2.10. The van der Waals surface area contributed by atoms with Crippen LogP contribution in [0.1, 0.15) is 16.7 Å². The van der Waals surface area contributed by atoms with Crippen LogP contribution in [0.3, 0.4) is 0 Å². The summed E-state index contributed by atoms with van der Waals surface area (Å²) in [5.41, 5.74) is 3.25. The second-order valence-electron chi connectivity index (χ2n) is 4.39. The van der Waals surface area contributed by atoms with E-state index < -0.39 is 0 Å². The molecule has 2 N–H and O–H groups in total. The van der Waals surface area contributed by atoms with Crippen LogP contribution in [0.4, 0.5) is 0 Å². The van der Waals surface area contributed by atoms with E-state index in [1.54, 1.807) is 7.11 Å². The molecule has 0 spiro atoms. The van der Waals surface area contributed by atoms with E-state index in [-0.39, 0.29) is 6.61 Å². The van der Waals surface area contributed by atoms with Crippen LogP contribution in [-0.4, -0.2) is 12.2 Å². The third-order valence-corrected chi connectivity index (χ3v) is 3.01. The van der Waals surface area contributed by atoms with Crippen molar-refractivity contribution >= 4 is 0 Å². The molecule has 3 nitrogen and oxygen atoms in total. The minimum atomic E-state index is 0.0837. The molecule has 0 aliphatic heterocycles. The lowest BCUT2D eigenvalue weighted by atomic mass is 10.1. The van der Waals surface area contributed by atoms with Crippen molar-refractivity contribution < 1.29 is 9.84 Å². The molecule has 19 heavy (non-hydrogen) atoms. The van der Waals surface area contributed by atoms with E-state index in [4.69, 9.17) is 9.84 Å². The average Bonchev–Trinajstić information content (AvgIpc) is 2.48. The maximum absolute atomic E-state index is 9.10. The molecule has 0 unspecified atom stereocenters. The lowest BCUT2D eigenvalue weighted by Crippen LogP contribution is -2.13. The molecule has 0 aliphatic carbocycles. The van der Waals surface area contributed by atoms with Crippen molar-refractivity contribution in [2.24, 2.45) is 0 Å². The van der Waals surface area contributed by atoms with Crippen LogP contribution in [0.5, 0.6) is 5.75 Å². The topological polar surface area (TPSA) is 41.5 Å². The van der Waals surface area contributed by atoms with Crippen LogP contribution in [-0.2, 0) is 19.7 Å². The lowest BCUT2D eigenvalue weighted by molar-refractivity contribution is 0.281. The summed E-state index contributed by atoms with van der Waals surface area (Å²) in [4.78, 5) is 0. The first-order valence-electron chi connectivity index (χ1n) is 6.35. The molecule has 2 aromatic rings. The summed E-state index contributed by atoms with van der Waals surface area (Å²) in [7, 11) is 1.68. The molecule has 100 valence electrons. The summed E-state index contributed by atoms with van der Waals surface area (Å²) >= 11 is 0. The summed E-state index contributed by atoms with van der Waals surface area (Å²) in [6.45, 7) is 1.61. The number of benzene rings is 2. The summed E-state index contributed by atoms with van der Waals surface area (Å²) in [6.07, 6.45) is 0. The van der Waals surface area contributed by atoms with E-state index >= 15 is 0 Å². The van der Waals surface area contributed by atoms with Crippen LogP contribution < -0.4 is 10.1 Å². The van der Waals surface area contributed by atoms with Gasteiger partial charge in [-0.05, 0) is 17.2 Å². The summed E-state index contributed by atoms with van der Waals surface area (Å²) in [5, 5.41) is 12.5. The van der Waals surface area contributed by atoms with Gasteiger partial charge in [0, 0.05) is 18.7 Å². The molecule has 2 rings (SSSR count). The highest BCUT2D eigenvalue weighted by atomic mass is 16.5. The first-order valence-corrected chi connectivity index (χ1v) is 6.35.